The summed E-state index contributed by atoms with van der Waals surface area (Å²) in [5.74, 6) is 0.409. The molecule has 0 bridgehead atoms. The molecule has 0 aliphatic heterocycles. The van der Waals surface area contributed by atoms with Crippen LogP contribution in [0.1, 0.15) is 6.92 Å². The Kier molecular flexibility index (Phi) is 5.97. The molecule has 4 nitrogen and oxygen atoms in total. The van der Waals surface area contributed by atoms with Crippen LogP contribution in [0.15, 0.2) is 23.1 Å². The van der Waals surface area contributed by atoms with Crippen LogP contribution in [0.25, 0.3) is 0 Å². The zero-order chi connectivity index (χ0) is 14.7. The van der Waals surface area contributed by atoms with E-state index >= 15 is 0 Å². The topological polar surface area (TPSA) is 66.4 Å². The standard InChI is InChI=1S/C11H15Cl2NO3S2/c1-11(15,7-18-2)6-14-19(16,17)10-8(12)4-3-5-9(10)13/h3-5,14-15H,6-7H2,1-2H3. The van der Waals surface area contributed by atoms with Gasteiger partial charge < -0.3 is 5.11 Å². The predicted octanol–water partition coefficient (Wildman–Crippen LogP) is 2.39. The van der Waals surface area contributed by atoms with Gasteiger partial charge in [0.15, 0.2) is 0 Å². The van der Waals surface area contributed by atoms with Gasteiger partial charge in [-0.05, 0) is 25.3 Å². The molecule has 0 aromatic heterocycles. The molecule has 0 spiro atoms. The molecule has 0 fully saturated rings. The second kappa shape index (κ2) is 6.65. The number of nitrogens with one attached hydrogen (secondary N) is 1. The minimum Gasteiger partial charge on any atom is -0.388 e. The molecule has 0 saturated carbocycles. The summed E-state index contributed by atoms with van der Waals surface area (Å²) < 4.78 is 26.6. The molecule has 0 radical (unpaired) electrons. The Morgan fingerprint density at radius 1 is 1.37 bits per heavy atom. The highest BCUT2D eigenvalue weighted by Crippen LogP contribution is 2.28. The largest absolute Gasteiger partial charge is 0.388 e. The van der Waals surface area contributed by atoms with Gasteiger partial charge in [0, 0.05) is 12.3 Å². The van der Waals surface area contributed by atoms with E-state index in [1.165, 1.54) is 23.9 Å². The Hall–Kier alpha value is 0.0200. The van der Waals surface area contributed by atoms with Crippen LogP contribution in [0.4, 0.5) is 0 Å². The van der Waals surface area contributed by atoms with Crippen molar-refractivity contribution in [3.63, 3.8) is 0 Å². The first-order chi connectivity index (χ1) is 8.69. The fourth-order valence-electron chi connectivity index (χ4n) is 1.42. The lowest BCUT2D eigenvalue weighted by Gasteiger charge is -2.22. The van der Waals surface area contributed by atoms with Crippen molar-refractivity contribution in [3.8, 4) is 0 Å². The molecule has 0 aliphatic carbocycles. The predicted molar refractivity (Wildman–Crippen MR) is 80.7 cm³/mol. The molecule has 0 amide bonds. The van der Waals surface area contributed by atoms with E-state index in [1.54, 1.807) is 13.0 Å². The Bertz CT molecular complexity index is 527. The van der Waals surface area contributed by atoms with Crippen LogP contribution in [0.2, 0.25) is 10.0 Å². The second-order valence-electron chi connectivity index (χ2n) is 4.31. The van der Waals surface area contributed by atoms with E-state index < -0.39 is 15.6 Å². The van der Waals surface area contributed by atoms with Gasteiger partial charge in [0.25, 0.3) is 0 Å². The fourth-order valence-corrected chi connectivity index (χ4v) is 4.45. The first-order valence-corrected chi connectivity index (χ1v) is 8.98. The lowest BCUT2D eigenvalue weighted by atomic mass is 10.1. The van der Waals surface area contributed by atoms with E-state index in [0.29, 0.717) is 5.75 Å². The third kappa shape index (κ3) is 4.81. The normalized spacial score (nSPS) is 15.2. The molecular weight excluding hydrogens is 329 g/mol. The van der Waals surface area contributed by atoms with E-state index in [9.17, 15) is 13.5 Å². The van der Waals surface area contributed by atoms with Gasteiger partial charge in [-0.1, -0.05) is 29.3 Å². The highest BCUT2D eigenvalue weighted by Gasteiger charge is 2.26. The van der Waals surface area contributed by atoms with Crippen molar-refractivity contribution in [2.24, 2.45) is 0 Å². The summed E-state index contributed by atoms with van der Waals surface area (Å²) in [5.41, 5.74) is -1.14. The Labute approximate surface area is 127 Å². The smallest absolute Gasteiger partial charge is 0.243 e. The summed E-state index contributed by atoms with van der Waals surface area (Å²) in [6, 6.07) is 4.46. The summed E-state index contributed by atoms with van der Waals surface area (Å²) in [5, 5.41) is 10.0. The number of sulfonamides is 1. The minimum atomic E-state index is -3.86. The molecule has 0 aliphatic rings. The average molecular weight is 344 g/mol. The molecule has 1 rings (SSSR count). The van der Waals surface area contributed by atoms with Gasteiger partial charge in [-0.15, -0.1) is 0 Å². The van der Waals surface area contributed by atoms with Crippen LogP contribution in [0.3, 0.4) is 0 Å². The van der Waals surface area contributed by atoms with Gasteiger partial charge >= 0.3 is 0 Å². The Morgan fingerprint density at radius 2 is 1.89 bits per heavy atom. The number of aliphatic hydroxyl groups is 1. The fraction of sp³-hybridized carbons (Fsp3) is 0.455. The quantitative estimate of drug-likeness (QED) is 0.832. The minimum absolute atomic E-state index is 0.0458. The van der Waals surface area contributed by atoms with Gasteiger partial charge in [-0.2, -0.15) is 11.8 Å². The highest BCUT2D eigenvalue weighted by molar-refractivity contribution is 7.98. The lowest BCUT2D eigenvalue weighted by molar-refractivity contribution is 0.0908. The third-order valence-electron chi connectivity index (χ3n) is 2.29. The van der Waals surface area contributed by atoms with Crippen molar-refractivity contribution in [2.45, 2.75) is 17.4 Å². The number of benzene rings is 1. The van der Waals surface area contributed by atoms with Crippen molar-refractivity contribution in [3.05, 3.63) is 28.2 Å². The number of hydrogen-bond acceptors (Lipinski definition) is 4. The van der Waals surface area contributed by atoms with Crippen LogP contribution >= 0.6 is 35.0 Å². The average Bonchev–Trinajstić information content (AvgIpc) is 2.26. The van der Waals surface area contributed by atoms with E-state index in [0.717, 1.165) is 0 Å². The first kappa shape index (κ1) is 17.1. The van der Waals surface area contributed by atoms with Crippen molar-refractivity contribution in [1.29, 1.82) is 0 Å². The summed E-state index contributed by atoms with van der Waals surface area (Å²) >= 11 is 13.1. The lowest BCUT2D eigenvalue weighted by Crippen LogP contribution is -2.42. The zero-order valence-corrected chi connectivity index (χ0v) is 13.6. The molecule has 19 heavy (non-hydrogen) atoms. The molecule has 1 aromatic rings. The van der Waals surface area contributed by atoms with E-state index in [1.807, 2.05) is 6.26 Å². The van der Waals surface area contributed by atoms with Gasteiger partial charge in [0.05, 0.1) is 15.6 Å². The van der Waals surface area contributed by atoms with Crippen LogP contribution in [-0.4, -0.2) is 37.7 Å². The number of halogens is 2. The Balaban J connectivity index is 2.94. The SMILES string of the molecule is CSCC(C)(O)CNS(=O)(=O)c1c(Cl)cccc1Cl. The van der Waals surface area contributed by atoms with Crippen molar-refractivity contribution < 1.29 is 13.5 Å². The van der Waals surface area contributed by atoms with Crippen molar-refractivity contribution in [1.82, 2.24) is 4.72 Å². The maximum absolute atomic E-state index is 12.1. The third-order valence-corrected chi connectivity index (χ3v) is 5.55. The molecule has 108 valence electrons. The summed E-state index contributed by atoms with van der Waals surface area (Å²) in [4.78, 5) is -0.168. The summed E-state index contributed by atoms with van der Waals surface area (Å²) in [7, 11) is -3.86. The Morgan fingerprint density at radius 3 is 2.37 bits per heavy atom. The van der Waals surface area contributed by atoms with Crippen molar-refractivity contribution >= 4 is 45.0 Å². The molecule has 1 unspecified atom stereocenters. The second-order valence-corrected chi connectivity index (χ2v) is 7.69. The van der Waals surface area contributed by atoms with Crippen molar-refractivity contribution in [2.75, 3.05) is 18.6 Å². The van der Waals surface area contributed by atoms with Crippen LogP contribution in [0.5, 0.6) is 0 Å². The number of rotatable bonds is 6. The van der Waals surface area contributed by atoms with Gasteiger partial charge in [0.1, 0.15) is 4.90 Å². The maximum Gasteiger partial charge on any atom is 0.243 e. The molecule has 0 heterocycles. The number of hydrogen-bond donors (Lipinski definition) is 2. The van der Waals surface area contributed by atoms with Crippen LogP contribution < -0.4 is 4.72 Å². The maximum atomic E-state index is 12.1. The summed E-state index contributed by atoms with van der Waals surface area (Å²) in [6.45, 7) is 1.44. The van der Waals surface area contributed by atoms with Crippen LogP contribution in [0, 0.1) is 0 Å². The molecule has 2 N–H and O–H groups in total. The highest BCUT2D eigenvalue weighted by atomic mass is 35.5. The van der Waals surface area contributed by atoms with Gasteiger partial charge in [-0.25, -0.2) is 13.1 Å². The van der Waals surface area contributed by atoms with E-state index in [4.69, 9.17) is 23.2 Å². The van der Waals surface area contributed by atoms with E-state index in [2.05, 4.69) is 4.72 Å². The molecule has 0 saturated heterocycles. The molecule has 1 aromatic carbocycles. The molecule has 1 atom stereocenters. The summed E-state index contributed by atoms with van der Waals surface area (Å²) in [6.07, 6.45) is 1.83. The zero-order valence-electron chi connectivity index (χ0n) is 10.5. The molecular formula is C11H15Cl2NO3S2. The number of thioether (sulfide) groups is 1. The molecule has 8 heteroatoms. The monoisotopic (exact) mass is 343 g/mol. The first-order valence-electron chi connectivity index (χ1n) is 5.34. The van der Waals surface area contributed by atoms with E-state index in [-0.39, 0.29) is 21.5 Å². The van der Waals surface area contributed by atoms with Crippen LogP contribution in [-0.2, 0) is 10.0 Å². The van der Waals surface area contributed by atoms with Gasteiger partial charge in [-0.3, -0.25) is 0 Å². The van der Waals surface area contributed by atoms with Gasteiger partial charge in [0.2, 0.25) is 10.0 Å².